The quantitative estimate of drug-likeness (QED) is 0.566. The van der Waals surface area contributed by atoms with E-state index in [1.165, 1.54) is 0 Å². The van der Waals surface area contributed by atoms with Gasteiger partial charge >= 0.3 is 0 Å². The van der Waals surface area contributed by atoms with Gasteiger partial charge in [-0.05, 0) is 56.5 Å². The number of carbonyl (C=O) groups excluding carboxylic acids is 1. The van der Waals surface area contributed by atoms with E-state index in [1.807, 2.05) is 62.4 Å². The maximum absolute atomic E-state index is 13.0. The fourth-order valence-electron chi connectivity index (χ4n) is 3.74. The topological polar surface area (TPSA) is 75.9 Å². The van der Waals surface area contributed by atoms with Gasteiger partial charge in [0, 0.05) is 17.5 Å². The number of ether oxygens (including phenoxy) is 1. The number of amides is 1. The number of para-hydroxylation sites is 1. The van der Waals surface area contributed by atoms with Crippen molar-refractivity contribution < 1.29 is 13.9 Å². The highest BCUT2D eigenvalue weighted by Gasteiger charge is 2.28. The van der Waals surface area contributed by atoms with E-state index in [0.29, 0.717) is 17.2 Å². The number of fused-ring (bicyclic) bond motifs is 1. The minimum atomic E-state index is -0.291. The molecule has 3 aromatic rings. The number of methoxy groups -OCH3 is 1. The molecule has 0 saturated heterocycles. The number of rotatable bonds is 5. The molecule has 6 nitrogen and oxygen atoms in total. The second-order valence-corrected chi connectivity index (χ2v) is 7.40. The summed E-state index contributed by atoms with van der Waals surface area (Å²) in [5.41, 5.74) is 8.34. The molecule has 6 heteroatoms. The number of carbonyl (C=O) groups is 1. The molecule has 1 amide bonds. The Labute approximate surface area is 175 Å². The third kappa shape index (κ3) is 3.94. The monoisotopic (exact) mass is 403 g/mol. The molecule has 0 unspecified atom stereocenters. The van der Waals surface area contributed by atoms with Crippen LogP contribution in [0.15, 0.2) is 58.0 Å². The lowest BCUT2D eigenvalue weighted by Crippen LogP contribution is -2.15. The van der Waals surface area contributed by atoms with Gasteiger partial charge in [0.15, 0.2) is 5.76 Å². The molecule has 0 spiro atoms. The summed E-state index contributed by atoms with van der Waals surface area (Å²) in [6, 6.07) is 15.5. The summed E-state index contributed by atoms with van der Waals surface area (Å²) in [6.45, 7) is 3.88. The van der Waals surface area contributed by atoms with E-state index in [-0.39, 0.29) is 5.91 Å². The highest BCUT2D eigenvalue weighted by molar-refractivity contribution is 6.09. The number of hydrogen-bond acceptors (Lipinski definition) is 5. The first kappa shape index (κ1) is 19.8. The standard InChI is InChI=1S/C24H25N3O3/c1-15-12-13-20(29-3)19(14-15)25-24(28)23-16(2)22-18(10-7-11-21(22)30-23)27-26-17-8-5-4-6-9-17/h4-6,8-9,12-14,26H,7,10-11H2,1-3H3,(H,25,28)/b27-18+. The van der Waals surface area contributed by atoms with E-state index in [9.17, 15) is 4.79 Å². The van der Waals surface area contributed by atoms with Crippen molar-refractivity contribution in [3.8, 4) is 5.75 Å². The van der Waals surface area contributed by atoms with Gasteiger partial charge in [-0.25, -0.2) is 0 Å². The van der Waals surface area contributed by atoms with Gasteiger partial charge in [0.2, 0.25) is 0 Å². The molecule has 1 aliphatic rings. The maximum Gasteiger partial charge on any atom is 0.291 e. The molecule has 0 fully saturated rings. The molecular weight excluding hydrogens is 378 g/mol. The summed E-state index contributed by atoms with van der Waals surface area (Å²) in [5.74, 6) is 1.45. The van der Waals surface area contributed by atoms with E-state index in [4.69, 9.17) is 9.15 Å². The van der Waals surface area contributed by atoms with Gasteiger partial charge in [-0.1, -0.05) is 24.3 Å². The van der Waals surface area contributed by atoms with Crippen molar-refractivity contribution in [2.45, 2.75) is 33.1 Å². The first-order valence-electron chi connectivity index (χ1n) is 10.0. The fraction of sp³-hybridized carbons (Fsp3) is 0.250. The van der Waals surface area contributed by atoms with Crippen LogP contribution in [0, 0.1) is 13.8 Å². The van der Waals surface area contributed by atoms with E-state index in [1.54, 1.807) is 7.11 Å². The van der Waals surface area contributed by atoms with Crippen LogP contribution in [-0.4, -0.2) is 18.7 Å². The predicted octanol–water partition coefficient (Wildman–Crippen LogP) is 5.31. The maximum atomic E-state index is 13.0. The number of nitrogens with zero attached hydrogens (tertiary/aromatic N) is 1. The lowest BCUT2D eigenvalue weighted by molar-refractivity contribution is 0.0993. The highest BCUT2D eigenvalue weighted by Crippen LogP contribution is 2.32. The normalized spacial score (nSPS) is 14.3. The number of benzene rings is 2. The second kappa shape index (κ2) is 8.45. The van der Waals surface area contributed by atoms with Crippen molar-refractivity contribution in [2.24, 2.45) is 5.10 Å². The van der Waals surface area contributed by atoms with Crippen molar-refractivity contribution in [1.29, 1.82) is 0 Å². The molecule has 1 aromatic heterocycles. The number of furan rings is 1. The molecule has 1 aliphatic carbocycles. The van der Waals surface area contributed by atoms with Crippen molar-refractivity contribution in [1.82, 2.24) is 0 Å². The molecule has 0 atom stereocenters. The minimum absolute atomic E-state index is 0.291. The third-order valence-electron chi connectivity index (χ3n) is 5.23. The number of nitrogens with one attached hydrogen (secondary N) is 2. The molecular formula is C24H25N3O3. The number of anilines is 2. The summed E-state index contributed by atoms with van der Waals surface area (Å²) in [4.78, 5) is 13.0. The molecule has 154 valence electrons. The Morgan fingerprint density at radius 1 is 1.10 bits per heavy atom. The smallest absolute Gasteiger partial charge is 0.291 e. The van der Waals surface area contributed by atoms with Gasteiger partial charge in [-0.2, -0.15) is 5.10 Å². The van der Waals surface area contributed by atoms with Crippen LogP contribution >= 0.6 is 0 Å². The van der Waals surface area contributed by atoms with Crippen LogP contribution in [0.2, 0.25) is 0 Å². The average Bonchev–Trinajstić information content (AvgIpc) is 3.10. The SMILES string of the molecule is COc1ccc(C)cc1NC(=O)c1oc2c(c1C)/C(=N/Nc1ccccc1)CCC2. The van der Waals surface area contributed by atoms with Crippen LogP contribution in [0.1, 0.15) is 45.8 Å². The Hall–Kier alpha value is -3.54. The van der Waals surface area contributed by atoms with Crippen LogP contribution in [0.3, 0.4) is 0 Å². The zero-order valence-electron chi connectivity index (χ0n) is 17.4. The Morgan fingerprint density at radius 3 is 2.67 bits per heavy atom. The van der Waals surface area contributed by atoms with E-state index < -0.39 is 0 Å². The lowest BCUT2D eigenvalue weighted by Gasteiger charge is -2.13. The van der Waals surface area contributed by atoms with Crippen molar-refractivity contribution in [3.63, 3.8) is 0 Å². The molecule has 0 aliphatic heterocycles. The summed E-state index contributed by atoms with van der Waals surface area (Å²) in [7, 11) is 1.58. The van der Waals surface area contributed by atoms with E-state index in [0.717, 1.165) is 53.1 Å². The minimum Gasteiger partial charge on any atom is -0.495 e. The molecule has 0 saturated carbocycles. The van der Waals surface area contributed by atoms with Gasteiger partial charge in [0.25, 0.3) is 5.91 Å². The molecule has 0 radical (unpaired) electrons. The molecule has 2 N–H and O–H groups in total. The zero-order chi connectivity index (χ0) is 21.1. The lowest BCUT2D eigenvalue weighted by atomic mass is 9.93. The Bertz CT molecular complexity index is 1100. The fourth-order valence-corrected chi connectivity index (χ4v) is 3.74. The highest BCUT2D eigenvalue weighted by atomic mass is 16.5. The zero-order valence-corrected chi connectivity index (χ0v) is 17.4. The second-order valence-electron chi connectivity index (χ2n) is 7.40. The predicted molar refractivity (Wildman–Crippen MR) is 119 cm³/mol. The van der Waals surface area contributed by atoms with Crippen molar-refractivity contribution in [3.05, 3.63) is 76.7 Å². The first-order valence-corrected chi connectivity index (χ1v) is 10.0. The van der Waals surface area contributed by atoms with Gasteiger partial charge in [-0.15, -0.1) is 0 Å². The molecule has 2 aromatic carbocycles. The summed E-state index contributed by atoms with van der Waals surface area (Å²) >= 11 is 0. The van der Waals surface area contributed by atoms with E-state index >= 15 is 0 Å². The molecule has 4 rings (SSSR count). The summed E-state index contributed by atoms with van der Waals surface area (Å²) in [5, 5.41) is 7.53. The van der Waals surface area contributed by atoms with Gasteiger partial charge in [0.05, 0.1) is 24.2 Å². The van der Waals surface area contributed by atoms with Crippen LogP contribution in [0.5, 0.6) is 5.75 Å². The number of hydrogen-bond donors (Lipinski definition) is 2. The van der Waals surface area contributed by atoms with Gasteiger partial charge in [-0.3, -0.25) is 10.2 Å². The average molecular weight is 403 g/mol. The van der Waals surface area contributed by atoms with Gasteiger partial charge < -0.3 is 14.5 Å². The largest absolute Gasteiger partial charge is 0.495 e. The van der Waals surface area contributed by atoms with Crippen LogP contribution in [0.25, 0.3) is 0 Å². The number of aryl methyl sites for hydroxylation is 2. The summed E-state index contributed by atoms with van der Waals surface area (Å²) < 4.78 is 11.4. The third-order valence-corrected chi connectivity index (χ3v) is 5.23. The van der Waals surface area contributed by atoms with Crippen LogP contribution in [0.4, 0.5) is 11.4 Å². The molecule has 1 heterocycles. The van der Waals surface area contributed by atoms with E-state index in [2.05, 4.69) is 15.8 Å². The van der Waals surface area contributed by atoms with Crippen molar-refractivity contribution >= 4 is 23.0 Å². The first-order chi connectivity index (χ1) is 14.6. The molecule has 30 heavy (non-hydrogen) atoms. The van der Waals surface area contributed by atoms with Crippen molar-refractivity contribution in [2.75, 3.05) is 17.9 Å². The van der Waals surface area contributed by atoms with Crippen LogP contribution in [-0.2, 0) is 6.42 Å². The Kier molecular flexibility index (Phi) is 5.57. The Balaban J connectivity index is 1.62. The van der Waals surface area contributed by atoms with Crippen LogP contribution < -0.4 is 15.5 Å². The number of hydrazone groups is 1. The van der Waals surface area contributed by atoms with Gasteiger partial charge in [0.1, 0.15) is 11.5 Å². The molecule has 0 bridgehead atoms. The summed E-state index contributed by atoms with van der Waals surface area (Å²) in [6.07, 6.45) is 2.56. The Morgan fingerprint density at radius 2 is 1.90 bits per heavy atom.